The van der Waals surface area contributed by atoms with Gasteiger partial charge in [0.15, 0.2) is 0 Å². The molecule has 1 aliphatic carbocycles. The fourth-order valence-electron chi connectivity index (χ4n) is 3.87. The summed E-state index contributed by atoms with van der Waals surface area (Å²) >= 11 is 0. The van der Waals surface area contributed by atoms with Crippen LogP contribution in [0.3, 0.4) is 0 Å². The molecule has 0 atom stereocenters. The molecule has 1 saturated carbocycles. The third kappa shape index (κ3) is 15.2. The van der Waals surface area contributed by atoms with Gasteiger partial charge in [0, 0.05) is 0 Å². The summed E-state index contributed by atoms with van der Waals surface area (Å²) in [6, 6.07) is 26.0. The quantitative estimate of drug-likeness (QED) is 0.160. The third-order valence-electron chi connectivity index (χ3n) is 6.26. The monoisotopic (exact) mass is 736 g/mol. The predicted octanol–water partition coefficient (Wildman–Crippen LogP) is 9.48. The molecule has 3 N–H and O–H groups in total. The summed E-state index contributed by atoms with van der Waals surface area (Å²) in [5.41, 5.74) is 4.85. The Morgan fingerprint density at radius 2 is 0.953 bits per heavy atom. The van der Waals surface area contributed by atoms with E-state index in [-0.39, 0.29) is 25.2 Å². The van der Waals surface area contributed by atoms with Gasteiger partial charge in [0.05, 0.1) is 12.4 Å². The molecular formula is C31H39F6NO2P2Rh+. The molecule has 0 spiro atoms. The maximum Gasteiger partial charge on any atom is 2.00 e. The smallest absolute Gasteiger partial charge is 2.00 e. The second kappa shape index (κ2) is 16.6. The summed E-state index contributed by atoms with van der Waals surface area (Å²) in [5.74, 6) is 8.34. The summed E-state index contributed by atoms with van der Waals surface area (Å²) in [5, 5.41) is 13.7. The molecule has 0 saturated heterocycles. The van der Waals surface area contributed by atoms with E-state index in [4.69, 9.17) is 10.5 Å². The predicted molar refractivity (Wildman–Crippen MR) is 166 cm³/mol. The first-order valence-electron chi connectivity index (χ1n) is 13.0. The number of ether oxygens (including phenoxy) is 1. The Labute approximate surface area is 266 Å². The van der Waals surface area contributed by atoms with Crippen LogP contribution in [-0.4, -0.2) is 18.8 Å². The summed E-state index contributed by atoms with van der Waals surface area (Å²) < 4.78 is 64.7. The number of hydrogen-bond donors (Lipinski definition) is 2. The molecule has 43 heavy (non-hydrogen) atoms. The largest absolute Gasteiger partial charge is 2.00 e. The van der Waals surface area contributed by atoms with Crippen molar-refractivity contribution in [3.63, 3.8) is 0 Å². The molecule has 3 nitrogen and oxygen atoms in total. The van der Waals surface area contributed by atoms with Crippen molar-refractivity contribution in [1.82, 2.24) is 0 Å². The van der Waals surface area contributed by atoms with Gasteiger partial charge in [0.1, 0.15) is 11.5 Å². The topological polar surface area (TPSA) is 55.5 Å². The fraction of sp³-hybridized carbons (Fsp3) is 0.258. The summed E-state index contributed by atoms with van der Waals surface area (Å²) in [7, 11) is -9.89. The first-order chi connectivity index (χ1) is 19.2. The van der Waals surface area contributed by atoms with Gasteiger partial charge in [-0.15, -0.1) is 0 Å². The van der Waals surface area contributed by atoms with Crippen molar-refractivity contribution in [1.29, 1.82) is 0 Å². The average molecular weight is 737 g/mol. The maximum absolute atomic E-state index is 10.7. The molecule has 0 bridgehead atoms. The zero-order valence-electron chi connectivity index (χ0n) is 25.1. The van der Waals surface area contributed by atoms with E-state index in [1.807, 2.05) is 49.4 Å². The fourth-order valence-corrected chi connectivity index (χ4v) is 6.31. The van der Waals surface area contributed by atoms with E-state index < -0.39 is 15.7 Å². The van der Waals surface area contributed by atoms with E-state index in [9.17, 15) is 30.3 Å². The van der Waals surface area contributed by atoms with Crippen molar-refractivity contribution in [3.05, 3.63) is 108 Å². The maximum atomic E-state index is 10.5. The number of halogens is 6. The van der Waals surface area contributed by atoms with E-state index in [2.05, 4.69) is 58.9 Å². The van der Waals surface area contributed by atoms with Gasteiger partial charge in [-0.2, -0.15) is 0 Å². The van der Waals surface area contributed by atoms with Crippen LogP contribution in [0, 0.1) is 29.6 Å². The van der Waals surface area contributed by atoms with E-state index >= 15 is 0 Å². The number of benzene rings is 3. The Morgan fingerprint density at radius 1 is 0.651 bits per heavy atom. The Kier molecular flexibility index (Phi) is 15.9. The molecule has 12 heteroatoms. The Bertz CT molecular complexity index is 1130. The minimum Gasteiger partial charge on any atom is 2.00 e. The van der Waals surface area contributed by atoms with Crippen LogP contribution in [-0.2, 0) is 19.5 Å². The number of phenols is 1. The summed E-state index contributed by atoms with van der Waals surface area (Å²) in [6.07, 6.45) is 0. The first kappa shape index (κ1) is 41.3. The molecule has 4 rings (SSSR count). The number of methoxy groups -OCH3 is 1. The number of hydrogen-bond acceptors (Lipinski definition) is 3. The summed E-state index contributed by atoms with van der Waals surface area (Å²) in [6.45, 7) is 13.6. The van der Waals surface area contributed by atoms with Gasteiger partial charge >= 0.3 is 52.5 Å². The van der Waals surface area contributed by atoms with Crippen molar-refractivity contribution >= 4 is 31.6 Å². The third-order valence-corrected chi connectivity index (χ3v) is 8.79. The van der Waals surface area contributed by atoms with Crippen LogP contribution < -0.4 is 26.4 Å². The Hall–Kier alpha value is -1.72. The molecule has 0 heterocycles. The standard InChI is InChI=1S/C19H17O2P.C10H15.C2H7N.F6P.Rh/c1-21-18-14-8-13-17(20)19(18)22(15-9-4-2-5-10-15)16-11-6-3-7-12-16;1-6-7(2)9(4)10(5)8(6)3;1-2-3;1-7(2,3,4,5)6;/h2-14,20H,1H3;1-5H3;2-3H2,1H3;;/q;;;-1;+2. The molecule has 0 aromatic heterocycles. The van der Waals surface area contributed by atoms with Gasteiger partial charge in [-0.25, -0.2) is 0 Å². The SMILES string of the molecule is CCN.COc1cccc(O)c1P(c1ccccc1)c1ccccc1.C[C]1[C](C)[C](C)[C](C)[C]1C.F[P-](F)(F)(F)(F)F.[Rh+2]. The number of phenolic OH excluding ortho intramolecular Hbond substituents is 1. The zero-order valence-corrected chi connectivity index (χ0v) is 28.6. The van der Waals surface area contributed by atoms with E-state index in [0.717, 1.165) is 17.6 Å². The zero-order chi connectivity index (χ0) is 32.4. The van der Waals surface area contributed by atoms with Crippen LogP contribution >= 0.6 is 15.7 Å². The van der Waals surface area contributed by atoms with Crippen molar-refractivity contribution in [2.45, 2.75) is 41.5 Å². The molecule has 1 aliphatic rings. The first-order valence-corrected chi connectivity index (χ1v) is 16.3. The van der Waals surface area contributed by atoms with E-state index in [1.165, 1.54) is 40.2 Å². The van der Waals surface area contributed by atoms with E-state index in [0.29, 0.717) is 0 Å². The Balaban J connectivity index is 0.000000698. The van der Waals surface area contributed by atoms with Crippen LogP contribution in [0.4, 0.5) is 25.2 Å². The average Bonchev–Trinajstić information content (AvgIpc) is 3.07. The van der Waals surface area contributed by atoms with E-state index in [1.54, 1.807) is 19.2 Å². The van der Waals surface area contributed by atoms with Gasteiger partial charge in [-0.1, -0.05) is 108 Å². The van der Waals surface area contributed by atoms with Gasteiger partial charge in [0.2, 0.25) is 0 Å². The molecule has 0 amide bonds. The van der Waals surface area contributed by atoms with Gasteiger partial charge in [-0.05, 0) is 66.8 Å². The van der Waals surface area contributed by atoms with Gasteiger partial charge < -0.3 is 15.6 Å². The van der Waals surface area contributed by atoms with Crippen LogP contribution in [0.1, 0.15) is 41.5 Å². The second-order valence-electron chi connectivity index (χ2n) is 9.33. The normalized spacial score (nSPS) is 16.3. The Morgan fingerprint density at radius 3 is 1.23 bits per heavy atom. The molecule has 0 aliphatic heterocycles. The minimum absolute atomic E-state index is 0. The van der Waals surface area contributed by atoms with Crippen molar-refractivity contribution in [2.24, 2.45) is 5.73 Å². The molecule has 3 aromatic rings. The summed E-state index contributed by atoms with van der Waals surface area (Å²) in [4.78, 5) is 0. The number of aromatic hydroxyl groups is 1. The van der Waals surface area contributed by atoms with Crippen LogP contribution in [0.15, 0.2) is 78.9 Å². The van der Waals surface area contributed by atoms with Crippen LogP contribution in [0.25, 0.3) is 0 Å². The molecule has 6 radical (unpaired) electrons. The molecule has 0 unspecified atom stereocenters. The molecule has 1 fully saturated rings. The van der Waals surface area contributed by atoms with Crippen LogP contribution in [0.5, 0.6) is 11.5 Å². The molecule has 240 valence electrons. The van der Waals surface area contributed by atoms with Gasteiger partial charge in [-0.3, -0.25) is 0 Å². The van der Waals surface area contributed by atoms with Crippen molar-refractivity contribution in [3.8, 4) is 11.5 Å². The second-order valence-corrected chi connectivity index (χ2v) is 13.4. The number of nitrogens with two attached hydrogens (primary N) is 1. The van der Waals surface area contributed by atoms with Crippen molar-refractivity contribution < 1.29 is 54.5 Å². The van der Waals surface area contributed by atoms with Crippen LogP contribution in [0.2, 0.25) is 0 Å². The molecule has 3 aromatic carbocycles. The minimum atomic E-state index is -10.7. The molecular weight excluding hydrogens is 697 g/mol. The van der Waals surface area contributed by atoms with Gasteiger partial charge in [0.25, 0.3) is 0 Å². The number of rotatable bonds is 4. The van der Waals surface area contributed by atoms with Crippen molar-refractivity contribution in [2.75, 3.05) is 13.7 Å².